The highest BCUT2D eigenvalue weighted by Gasteiger charge is 2.36. The molecule has 1 N–H and O–H groups in total. The molecule has 2 aromatic carbocycles. The van der Waals surface area contributed by atoms with Crippen molar-refractivity contribution in [2.75, 3.05) is 24.5 Å². The fourth-order valence-corrected chi connectivity index (χ4v) is 3.65. The van der Waals surface area contributed by atoms with Gasteiger partial charge in [-0.3, -0.25) is 19.3 Å². The fourth-order valence-electron chi connectivity index (χ4n) is 3.65. The van der Waals surface area contributed by atoms with Crippen molar-refractivity contribution >= 4 is 40.9 Å². The summed E-state index contributed by atoms with van der Waals surface area (Å²) in [4.78, 5) is 39.0. The van der Waals surface area contributed by atoms with Gasteiger partial charge < -0.3 is 10.0 Å². The molecule has 0 aliphatic carbocycles. The maximum atomic E-state index is 12.8. The summed E-state index contributed by atoms with van der Waals surface area (Å²) in [6.07, 6.45) is 1.52. The largest absolute Gasteiger partial charge is 0.480 e. The van der Waals surface area contributed by atoms with Gasteiger partial charge in [0, 0.05) is 24.4 Å². The standard InChI is InChI=1S/C26H25N5O4/c1-4-30(5-2)21-12-10-20(11-13-21)29-28-19-8-6-18(7-9-19)14-22-17(3)23(15-27)26(35)31(25(22)34)16-24(32)33/h6-14H,4-5,16H2,1-3H3,(H,32,33)/b22-14-,29-28?. The molecule has 0 bridgehead atoms. The smallest absolute Gasteiger partial charge is 0.323 e. The summed E-state index contributed by atoms with van der Waals surface area (Å²) < 4.78 is 0. The van der Waals surface area contributed by atoms with E-state index in [1.54, 1.807) is 30.3 Å². The molecular weight excluding hydrogens is 446 g/mol. The van der Waals surface area contributed by atoms with E-state index < -0.39 is 24.3 Å². The van der Waals surface area contributed by atoms with Crippen LogP contribution < -0.4 is 4.90 Å². The van der Waals surface area contributed by atoms with Crippen LogP contribution in [0.1, 0.15) is 26.3 Å². The molecule has 0 spiro atoms. The lowest BCUT2D eigenvalue weighted by Gasteiger charge is -2.26. The van der Waals surface area contributed by atoms with Crippen LogP contribution >= 0.6 is 0 Å². The molecule has 2 aromatic rings. The summed E-state index contributed by atoms with van der Waals surface area (Å²) >= 11 is 0. The molecule has 0 atom stereocenters. The van der Waals surface area contributed by atoms with Crippen LogP contribution in [0, 0.1) is 11.3 Å². The van der Waals surface area contributed by atoms with E-state index in [2.05, 4.69) is 29.0 Å². The highest BCUT2D eigenvalue weighted by Crippen LogP contribution is 2.28. The van der Waals surface area contributed by atoms with E-state index >= 15 is 0 Å². The molecule has 178 valence electrons. The van der Waals surface area contributed by atoms with Gasteiger partial charge in [-0.25, -0.2) is 0 Å². The summed E-state index contributed by atoms with van der Waals surface area (Å²) in [5.74, 6) is -3.01. The number of rotatable bonds is 8. The maximum absolute atomic E-state index is 12.8. The van der Waals surface area contributed by atoms with Gasteiger partial charge in [-0.1, -0.05) is 12.1 Å². The van der Waals surface area contributed by atoms with Gasteiger partial charge in [0.15, 0.2) is 0 Å². The lowest BCUT2D eigenvalue weighted by atomic mass is 9.93. The van der Waals surface area contributed by atoms with Crippen molar-refractivity contribution < 1.29 is 19.5 Å². The predicted molar refractivity (Wildman–Crippen MR) is 131 cm³/mol. The van der Waals surface area contributed by atoms with Gasteiger partial charge in [-0.2, -0.15) is 15.5 Å². The van der Waals surface area contributed by atoms with E-state index in [1.807, 2.05) is 24.3 Å². The molecule has 0 aromatic heterocycles. The van der Waals surface area contributed by atoms with Crippen molar-refractivity contribution in [1.29, 1.82) is 5.26 Å². The predicted octanol–water partition coefficient (Wildman–Crippen LogP) is 4.63. The van der Waals surface area contributed by atoms with Crippen LogP contribution in [0.15, 0.2) is 75.5 Å². The Bertz CT molecular complexity index is 1260. The number of benzene rings is 2. The number of imide groups is 1. The number of hydrogen-bond donors (Lipinski definition) is 1. The number of nitrogens with zero attached hydrogens (tertiary/aromatic N) is 5. The summed E-state index contributed by atoms with van der Waals surface area (Å²) in [5.41, 5.74) is 3.10. The zero-order valence-electron chi connectivity index (χ0n) is 19.7. The van der Waals surface area contributed by atoms with Gasteiger partial charge in [-0.05, 0) is 74.4 Å². The molecule has 3 rings (SSSR count). The molecule has 9 nitrogen and oxygen atoms in total. The number of aliphatic carboxylic acids is 1. The zero-order valence-corrected chi connectivity index (χ0v) is 19.7. The van der Waals surface area contributed by atoms with E-state index in [0.29, 0.717) is 21.8 Å². The summed E-state index contributed by atoms with van der Waals surface area (Å²) in [6, 6.07) is 16.5. The second-order valence-corrected chi connectivity index (χ2v) is 7.74. The zero-order chi connectivity index (χ0) is 25.5. The monoisotopic (exact) mass is 471 g/mol. The number of carboxylic acid groups (broad SMARTS) is 1. The second kappa shape index (κ2) is 11.0. The average molecular weight is 472 g/mol. The first kappa shape index (κ1) is 25.1. The van der Waals surface area contributed by atoms with Crippen LogP contribution in [0.2, 0.25) is 0 Å². The molecule has 9 heteroatoms. The van der Waals surface area contributed by atoms with E-state index in [-0.39, 0.29) is 16.7 Å². The average Bonchev–Trinajstić information content (AvgIpc) is 2.85. The fraction of sp³-hybridized carbons (Fsp3) is 0.231. The number of carboxylic acids is 1. The van der Waals surface area contributed by atoms with Crippen LogP contribution in [0.3, 0.4) is 0 Å². The number of azo groups is 1. The first-order valence-corrected chi connectivity index (χ1v) is 11.1. The van der Waals surface area contributed by atoms with Crippen molar-refractivity contribution in [2.24, 2.45) is 10.2 Å². The van der Waals surface area contributed by atoms with Crippen molar-refractivity contribution in [1.82, 2.24) is 4.90 Å². The highest BCUT2D eigenvalue weighted by atomic mass is 16.4. The molecular formula is C26H25N5O4. The molecule has 35 heavy (non-hydrogen) atoms. The Labute approximate surface area is 203 Å². The molecule has 0 saturated carbocycles. The second-order valence-electron chi connectivity index (χ2n) is 7.74. The van der Waals surface area contributed by atoms with Gasteiger partial charge in [0.25, 0.3) is 11.8 Å². The Morgan fingerprint density at radius 1 is 1.00 bits per heavy atom. The van der Waals surface area contributed by atoms with Crippen molar-refractivity contribution in [3.05, 3.63) is 70.8 Å². The third-order valence-electron chi connectivity index (χ3n) is 5.58. The third kappa shape index (κ3) is 5.68. The van der Waals surface area contributed by atoms with Gasteiger partial charge in [0.05, 0.1) is 11.4 Å². The Kier molecular flexibility index (Phi) is 7.89. The normalized spacial score (nSPS) is 15.1. The van der Waals surface area contributed by atoms with Gasteiger partial charge in [-0.15, -0.1) is 0 Å². The van der Waals surface area contributed by atoms with Crippen molar-refractivity contribution in [2.45, 2.75) is 20.8 Å². The molecule has 0 radical (unpaired) electrons. The Balaban J connectivity index is 1.81. The molecule has 0 saturated heterocycles. The third-order valence-corrected chi connectivity index (χ3v) is 5.58. The van der Waals surface area contributed by atoms with Crippen molar-refractivity contribution in [3.8, 4) is 6.07 Å². The van der Waals surface area contributed by atoms with Gasteiger partial charge in [0.1, 0.15) is 18.2 Å². The Hall–Kier alpha value is -4.58. The van der Waals surface area contributed by atoms with Crippen LogP contribution in [-0.4, -0.2) is 47.4 Å². The molecule has 0 unspecified atom stereocenters. The van der Waals surface area contributed by atoms with Crippen LogP contribution in [-0.2, 0) is 14.4 Å². The minimum Gasteiger partial charge on any atom is -0.480 e. The SMILES string of the molecule is CCN(CC)c1ccc(N=Nc2ccc(/C=C3\C(=O)N(CC(=O)O)C(=O)C(C#N)=C3C)cc2)cc1. The van der Waals surface area contributed by atoms with E-state index in [4.69, 9.17) is 5.11 Å². The minimum absolute atomic E-state index is 0.0880. The summed E-state index contributed by atoms with van der Waals surface area (Å²) in [5, 5.41) is 26.9. The highest BCUT2D eigenvalue weighted by molar-refractivity contribution is 6.20. The number of anilines is 1. The van der Waals surface area contributed by atoms with Gasteiger partial charge in [0.2, 0.25) is 0 Å². The quantitative estimate of drug-likeness (QED) is 0.340. The first-order valence-electron chi connectivity index (χ1n) is 11.1. The number of hydrogen-bond acceptors (Lipinski definition) is 7. The summed E-state index contributed by atoms with van der Waals surface area (Å²) in [6.45, 7) is 6.73. The topological polar surface area (TPSA) is 126 Å². The van der Waals surface area contributed by atoms with Gasteiger partial charge >= 0.3 is 5.97 Å². The number of nitriles is 1. The van der Waals surface area contributed by atoms with Crippen LogP contribution in [0.5, 0.6) is 0 Å². The molecule has 0 fully saturated rings. The Morgan fingerprint density at radius 2 is 1.54 bits per heavy atom. The Morgan fingerprint density at radius 3 is 2.03 bits per heavy atom. The number of carbonyl (C=O) groups excluding carboxylic acids is 2. The van der Waals surface area contributed by atoms with E-state index in [0.717, 1.165) is 18.8 Å². The molecule has 1 aliphatic heterocycles. The minimum atomic E-state index is -1.35. The number of carbonyl (C=O) groups is 3. The first-order chi connectivity index (χ1) is 16.8. The molecule has 1 heterocycles. The van der Waals surface area contributed by atoms with Crippen LogP contribution in [0.4, 0.5) is 17.1 Å². The lowest BCUT2D eigenvalue weighted by molar-refractivity contribution is -0.149. The van der Waals surface area contributed by atoms with Crippen LogP contribution in [0.25, 0.3) is 6.08 Å². The molecule has 1 aliphatic rings. The van der Waals surface area contributed by atoms with E-state index in [9.17, 15) is 19.6 Å². The maximum Gasteiger partial charge on any atom is 0.323 e. The lowest BCUT2D eigenvalue weighted by Crippen LogP contribution is -2.45. The van der Waals surface area contributed by atoms with E-state index in [1.165, 1.54) is 13.0 Å². The molecule has 2 amide bonds. The number of amides is 2. The van der Waals surface area contributed by atoms with Crippen molar-refractivity contribution in [3.63, 3.8) is 0 Å². The summed E-state index contributed by atoms with van der Waals surface area (Å²) in [7, 11) is 0.